The Morgan fingerprint density at radius 2 is 1.68 bits per heavy atom. The molecule has 3 aliphatic rings. The van der Waals surface area contributed by atoms with E-state index in [4.69, 9.17) is 9.47 Å². The van der Waals surface area contributed by atoms with Crippen molar-refractivity contribution < 1.29 is 23.9 Å². The first-order valence-electron chi connectivity index (χ1n) is 14.4. The average Bonchev–Trinajstić information content (AvgIpc) is 2.90. The van der Waals surface area contributed by atoms with Gasteiger partial charge in [0.05, 0.1) is 31.3 Å². The molecule has 214 valence electrons. The minimum absolute atomic E-state index is 0.00995. The number of carbonyl (C=O) groups is 3. The highest BCUT2D eigenvalue weighted by Crippen LogP contribution is 2.39. The van der Waals surface area contributed by atoms with Gasteiger partial charge in [0.2, 0.25) is 5.91 Å². The summed E-state index contributed by atoms with van der Waals surface area (Å²) < 4.78 is 10.6. The van der Waals surface area contributed by atoms with Crippen LogP contribution in [0.2, 0.25) is 0 Å². The third kappa shape index (κ3) is 8.48. The Bertz CT molecular complexity index is 727. The maximum atomic E-state index is 12.8. The molecular formula is C28H52N4O5. The summed E-state index contributed by atoms with van der Waals surface area (Å²) in [6.07, 6.45) is 7.61. The monoisotopic (exact) mass is 524 g/mol. The largest absolute Gasteiger partial charge is 0.453 e. The van der Waals surface area contributed by atoms with Crippen LogP contribution in [0.5, 0.6) is 0 Å². The van der Waals surface area contributed by atoms with Crippen LogP contribution in [-0.2, 0) is 14.3 Å². The molecular weight excluding hydrogens is 472 g/mol. The Morgan fingerprint density at radius 1 is 1.00 bits per heavy atom. The molecule has 9 heteroatoms. The lowest BCUT2D eigenvalue weighted by Gasteiger charge is -2.53. The van der Waals surface area contributed by atoms with Crippen LogP contribution in [0.15, 0.2) is 0 Å². The number of nitrogens with zero attached hydrogens (tertiary/aromatic N) is 3. The molecule has 0 spiro atoms. The number of hydrogen-bond acceptors (Lipinski definition) is 6. The normalized spacial score (nSPS) is 26.5. The Labute approximate surface area is 224 Å². The van der Waals surface area contributed by atoms with Crippen molar-refractivity contribution in [3.05, 3.63) is 0 Å². The standard InChI is InChI=1S/C20H37N3O4.C8H15NO/c1-7-15(11-21-5)16-8-9-17-18(10-16)22(19(24)27-13(2)3)12-14(4)23(17)20(25)26-6;1-2-8(10)9-6-4-3-5-7-9/h13-18,21H,7-12H2,1-6H3;2-7H2,1H3. The fraction of sp³-hybridized carbons (Fsp3) is 0.893. The van der Waals surface area contributed by atoms with E-state index >= 15 is 0 Å². The molecule has 9 nitrogen and oxygen atoms in total. The summed E-state index contributed by atoms with van der Waals surface area (Å²) in [6.45, 7) is 13.3. The van der Waals surface area contributed by atoms with E-state index in [-0.39, 0.29) is 36.4 Å². The van der Waals surface area contributed by atoms with Crippen LogP contribution in [-0.4, -0.2) is 97.4 Å². The average molecular weight is 525 g/mol. The predicted molar refractivity (Wildman–Crippen MR) is 145 cm³/mol. The lowest BCUT2D eigenvalue weighted by molar-refractivity contribution is -0.131. The number of fused-ring (bicyclic) bond motifs is 1. The minimum Gasteiger partial charge on any atom is -0.453 e. The molecule has 3 fully saturated rings. The molecule has 37 heavy (non-hydrogen) atoms. The molecule has 5 unspecified atom stereocenters. The van der Waals surface area contributed by atoms with Gasteiger partial charge in [-0.3, -0.25) is 9.69 Å². The van der Waals surface area contributed by atoms with E-state index < -0.39 is 0 Å². The summed E-state index contributed by atoms with van der Waals surface area (Å²) in [4.78, 5) is 42.0. The highest BCUT2D eigenvalue weighted by atomic mass is 16.6. The van der Waals surface area contributed by atoms with Gasteiger partial charge in [-0.05, 0) is 84.7 Å². The van der Waals surface area contributed by atoms with E-state index in [0.717, 1.165) is 45.3 Å². The first-order chi connectivity index (χ1) is 17.7. The zero-order valence-corrected chi connectivity index (χ0v) is 24.3. The first kappa shape index (κ1) is 31.2. The van der Waals surface area contributed by atoms with Crippen LogP contribution < -0.4 is 5.32 Å². The van der Waals surface area contributed by atoms with Gasteiger partial charge in [-0.1, -0.05) is 20.3 Å². The van der Waals surface area contributed by atoms with E-state index in [2.05, 4.69) is 12.2 Å². The smallest absolute Gasteiger partial charge is 0.410 e. The number of ether oxygens (including phenoxy) is 2. The van der Waals surface area contributed by atoms with Gasteiger partial charge in [0.15, 0.2) is 0 Å². The van der Waals surface area contributed by atoms with Crippen LogP contribution in [0, 0.1) is 11.8 Å². The van der Waals surface area contributed by atoms with Crippen molar-refractivity contribution in [2.45, 2.75) is 110 Å². The highest BCUT2D eigenvalue weighted by molar-refractivity contribution is 5.75. The van der Waals surface area contributed by atoms with Crippen LogP contribution in [0.4, 0.5) is 9.59 Å². The van der Waals surface area contributed by atoms with Gasteiger partial charge < -0.3 is 24.6 Å². The quantitative estimate of drug-likeness (QED) is 0.550. The van der Waals surface area contributed by atoms with Crippen LogP contribution in [0.1, 0.15) is 86.0 Å². The summed E-state index contributed by atoms with van der Waals surface area (Å²) in [5.41, 5.74) is 0. The van der Waals surface area contributed by atoms with Crippen LogP contribution in [0.25, 0.3) is 0 Å². The van der Waals surface area contributed by atoms with Gasteiger partial charge in [-0.2, -0.15) is 0 Å². The van der Waals surface area contributed by atoms with Crippen LogP contribution in [0.3, 0.4) is 0 Å². The summed E-state index contributed by atoms with van der Waals surface area (Å²) in [5, 5.41) is 3.30. The second-order valence-corrected chi connectivity index (χ2v) is 11.0. The summed E-state index contributed by atoms with van der Waals surface area (Å²) in [7, 11) is 3.41. The van der Waals surface area contributed by atoms with Crippen molar-refractivity contribution >= 4 is 18.1 Å². The summed E-state index contributed by atoms with van der Waals surface area (Å²) >= 11 is 0. The molecule has 2 saturated heterocycles. The molecule has 0 bridgehead atoms. The number of hydrogen-bond donors (Lipinski definition) is 1. The Kier molecular flexibility index (Phi) is 13.0. The number of piperazine rings is 1. The van der Waals surface area contributed by atoms with Crippen molar-refractivity contribution in [2.24, 2.45) is 11.8 Å². The van der Waals surface area contributed by atoms with E-state index in [0.29, 0.717) is 30.7 Å². The second-order valence-electron chi connectivity index (χ2n) is 11.0. The fourth-order valence-corrected chi connectivity index (χ4v) is 6.26. The molecule has 2 heterocycles. The molecule has 2 aliphatic heterocycles. The molecule has 5 atom stereocenters. The Balaban J connectivity index is 0.000000402. The molecule has 0 aromatic carbocycles. The molecule has 0 aromatic heterocycles. The van der Waals surface area contributed by atoms with Crippen molar-refractivity contribution in [1.82, 2.24) is 20.0 Å². The first-order valence-corrected chi connectivity index (χ1v) is 14.4. The molecule has 3 amide bonds. The number of likely N-dealkylation sites (tertiary alicyclic amines) is 1. The molecule has 3 rings (SSSR count). The van der Waals surface area contributed by atoms with Crippen molar-refractivity contribution in [2.75, 3.05) is 40.3 Å². The van der Waals surface area contributed by atoms with E-state index in [1.54, 1.807) is 0 Å². The second kappa shape index (κ2) is 15.4. The van der Waals surface area contributed by atoms with Gasteiger partial charge >= 0.3 is 12.2 Å². The molecule has 0 radical (unpaired) electrons. The van der Waals surface area contributed by atoms with E-state index in [1.165, 1.54) is 26.4 Å². The third-order valence-electron chi connectivity index (χ3n) is 8.14. The fourth-order valence-electron chi connectivity index (χ4n) is 6.26. The minimum atomic E-state index is -0.296. The van der Waals surface area contributed by atoms with Gasteiger partial charge in [-0.25, -0.2) is 9.59 Å². The number of nitrogens with one attached hydrogen (secondary N) is 1. The van der Waals surface area contributed by atoms with Gasteiger partial charge in [-0.15, -0.1) is 0 Å². The molecule has 1 saturated carbocycles. The summed E-state index contributed by atoms with van der Waals surface area (Å²) in [5.74, 6) is 1.43. The van der Waals surface area contributed by atoms with Crippen molar-refractivity contribution in [3.63, 3.8) is 0 Å². The topological polar surface area (TPSA) is 91.4 Å². The van der Waals surface area contributed by atoms with Gasteiger partial charge in [0.25, 0.3) is 0 Å². The maximum absolute atomic E-state index is 12.8. The zero-order chi connectivity index (χ0) is 27.5. The number of methoxy groups -OCH3 is 1. The zero-order valence-electron chi connectivity index (χ0n) is 24.3. The van der Waals surface area contributed by atoms with Gasteiger partial charge in [0, 0.05) is 26.1 Å². The van der Waals surface area contributed by atoms with Crippen molar-refractivity contribution in [3.8, 4) is 0 Å². The van der Waals surface area contributed by atoms with E-state index in [9.17, 15) is 14.4 Å². The lowest BCUT2D eigenvalue weighted by atomic mass is 9.73. The number of rotatable bonds is 6. The van der Waals surface area contributed by atoms with E-state index in [1.807, 2.05) is 49.4 Å². The lowest BCUT2D eigenvalue weighted by Crippen LogP contribution is -2.67. The SMILES string of the molecule is CCC(=O)N1CCCCC1.CCC(CNC)C1CCC2C(C1)N(C(=O)OC(C)C)CC(C)N2C(=O)OC. The molecule has 0 aromatic rings. The highest BCUT2D eigenvalue weighted by Gasteiger charge is 2.48. The van der Waals surface area contributed by atoms with Crippen molar-refractivity contribution in [1.29, 1.82) is 0 Å². The third-order valence-corrected chi connectivity index (χ3v) is 8.14. The molecule has 1 aliphatic carbocycles. The van der Waals surface area contributed by atoms with Crippen LogP contribution >= 0.6 is 0 Å². The van der Waals surface area contributed by atoms with Gasteiger partial charge in [0.1, 0.15) is 0 Å². The Hall–Kier alpha value is -2.03. The number of amides is 3. The molecule has 1 N–H and O–H groups in total. The number of carbonyl (C=O) groups excluding carboxylic acids is 3. The maximum Gasteiger partial charge on any atom is 0.410 e. The number of piperidine rings is 1. The Morgan fingerprint density at radius 3 is 2.22 bits per heavy atom. The summed E-state index contributed by atoms with van der Waals surface area (Å²) in [6, 6.07) is -0.116. The predicted octanol–water partition coefficient (Wildman–Crippen LogP) is 4.50.